The van der Waals surface area contributed by atoms with Gasteiger partial charge in [-0.3, -0.25) is 10.9 Å². The Labute approximate surface area is 136 Å². The Morgan fingerprint density at radius 1 is 1.10 bits per heavy atom. The number of nitrogens with zero attached hydrogens (tertiary/aromatic N) is 1. The Hall–Kier alpha value is -1.89. The second-order valence-electron chi connectivity index (χ2n) is 4.20. The van der Waals surface area contributed by atoms with Crippen LogP contribution >= 0.6 is 35.2 Å². The smallest absolute Gasteiger partial charge is 0.202 e. The van der Waals surface area contributed by atoms with Gasteiger partial charge >= 0.3 is 0 Å². The van der Waals surface area contributed by atoms with Crippen molar-refractivity contribution >= 4 is 61.3 Å². The quantitative estimate of drug-likeness (QED) is 0.493. The lowest BCUT2D eigenvalue weighted by atomic mass is 10.3. The molecule has 3 rings (SSSR count). The van der Waals surface area contributed by atoms with Gasteiger partial charge in [0, 0.05) is 10.7 Å². The number of fused-ring (bicyclic) bond motifs is 1. The first-order valence-corrected chi connectivity index (χ1v) is 7.75. The van der Waals surface area contributed by atoms with Crippen LogP contribution in [0.2, 0.25) is 5.02 Å². The standard InChI is InChI=1S/C14H11ClN4S2/c15-9-5-7-10(8-6-9)16-13(20)18-19-14-17-11-3-1-2-4-12(11)21-14/h1-8H,(H,17,19)(H2,16,18,20). The predicted molar refractivity (Wildman–Crippen MR) is 94.1 cm³/mol. The van der Waals surface area contributed by atoms with E-state index in [0.717, 1.165) is 21.0 Å². The zero-order chi connectivity index (χ0) is 14.7. The monoisotopic (exact) mass is 334 g/mol. The van der Waals surface area contributed by atoms with Crippen LogP contribution in [0.3, 0.4) is 0 Å². The van der Waals surface area contributed by atoms with Crippen molar-refractivity contribution in [2.24, 2.45) is 0 Å². The van der Waals surface area contributed by atoms with Gasteiger partial charge in [0.2, 0.25) is 5.13 Å². The van der Waals surface area contributed by atoms with Crippen LogP contribution in [0.4, 0.5) is 10.8 Å². The Bertz CT molecular complexity index is 737. The number of nitrogens with one attached hydrogen (secondary N) is 3. The fourth-order valence-electron chi connectivity index (χ4n) is 1.73. The molecule has 21 heavy (non-hydrogen) atoms. The number of anilines is 2. The number of aromatic nitrogens is 1. The molecule has 106 valence electrons. The summed E-state index contributed by atoms with van der Waals surface area (Å²) in [5.74, 6) is 0. The van der Waals surface area contributed by atoms with E-state index in [1.54, 1.807) is 23.5 Å². The molecule has 3 N–H and O–H groups in total. The highest BCUT2D eigenvalue weighted by Crippen LogP contribution is 2.24. The average Bonchev–Trinajstić information content (AvgIpc) is 2.90. The van der Waals surface area contributed by atoms with E-state index >= 15 is 0 Å². The van der Waals surface area contributed by atoms with Crippen molar-refractivity contribution in [2.75, 3.05) is 10.7 Å². The number of para-hydroxylation sites is 1. The van der Waals surface area contributed by atoms with Crippen LogP contribution in [0.5, 0.6) is 0 Å². The third kappa shape index (κ3) is 3.60. The lowest BCUT2D eigenvalue weighted by molar-refractivity contribution is 1.13. The summed E-state index contributed by atoms with van der Waals surface area (Å²) < 4.78 is 1.12. The zero-order valence-electron chi connectivity index (χ0n) is 10.8. The molecule has 0 atom stereocenters. The van der Waals surface area contributed by atoms with Crippen molar-refractivity contribution in [3.05, 3.63) is 53.6 Å². The predicted octanol–water partition coefficient (Wildman–Crippen LogP) is 4.26. The highest BCUT2D eigenvalue weighted by Gasteiger charge is 2.03. The first kappa shape index (κ1) is 14.1. The number of hydrazine groups is 1. The normalized spacial score (nSPS) is 10.3. The fourth-order valence-corrected chi connectivity index (χ4v) is 2.85. The third-order valence-corrected chi connectivity index (χ3v) is 4.09. The third-order valence-electron chi connectivity index (χ3n) is 2.68. The summed E-state index contributed by atoms with van der Waals surface area (Å²) in [5, 5.41) is 4.95. The largest absolute Gasteiger partial charge is 0.331 e. The second kappa shape index (κ2) is 6.26. The summed E-state index contributed by atoms with van der Waals surface area (Å²) in [7, 11) is 0. The Morgan fingerprint density at radius 3 is 2.62 bits per heavy atom. The van der Waals surface area contributed by atoms with Crippen LogP contribution in [-0.2, 0) is 0 Å². The Balaban J connectivity index is 1.59. The van der Waals surface area contributed by atoms with Gasteiger partial charge in [0.05, 0.1) is 10.2 Å². The van der Waals surface area contributed by atoms with E-state index in [4.69, 9.17) is 23.8 Å². The summed E-state index contributed by atoms with van der Waals surface area (Å²) in [4.78, 5) is 4.44. The molecule has 7 heteroatoms. The number of thiazole rings is 1. The molecule has 1 aromatic heterocycles. The van der Waals surface area contributed by atoms with Crippen LogP contribution in [0.25, 0.3) is 10.2 Å². The first-order chi connectivity index (χ1) is 10.2. The SMILES string of the molecule is S=C(NNc1nc2ccccc2s1)Nc1ccc(Cl)cc1. The van der Waals surface area contributed by atoms with Gasteiger partial charge in [-0.1, -0.05) is 35.1 Å². The van der Waals surface area contributed by atoms with Crippen molar-refractivity contribution in [2.45, 2.75) is 0 Å². The van der Waals surface area contributed by atoms with Gasteiger partial charge in [0.1, 0.15) is 0 Å². The minimum Gasteiger partial charge on any atom is -0.331 e. The Kier molecular flexibility index (Phi) is 4.19. The maximum Gasteiger partial charge on any atom is 0.202 e. The topological polar surface area (TPSA) is 49.0 Å². The van der Waals surface area contributed by atoms with Crippen LogP contribution in [-0.4, -0.2) is 10.1 Å². The van der Waals surface area contributed by atoms with Crippen molar-refractivity contribution in [1.82, 2.24) is 10.4 Å². The van der Waals surface area contributed by atoms with Gasteiger partial charge < -0.3 is 5.32 Å². The van der Waals surface area contributed by atoms with E-state index < -0.39 is 0 Å². The highest BCUT2D eigenvalue weighted by molar-refractivity contribution is 7.80. The van der Waals surface area contributed by atoms with E-state index in [0.29, 0.717) is 10.1 Å². The summed E-state index contributed by atoms with van der Waals surface area (Å²) in [5.41, 5.74) is 7.73. The van der Waals surface area contributed by atoms with Crippen LogP contribution < -0.4 is 16.2 Å². The number of benzene rings is 2. The Morgan fingerprint density at radius 2 is 1.86 bits per heavy atom. The molecule has 0 aliphatic rings. The van der Waals surface area contributed by atoms with E-state index in [1.165, 1.54) is 0 Å². The molecule has 0 saturated heterocycles. The summed E-state index contributed by atoms with van der Waals surface area (Å²) >= 11 is 12.6. The van der Waals surface area contributed by atoms with Gasteiger partial charge in [-0.25, -0.2) is 4.98 Å². The lowest BCUT2D eigenvalue weighted by Gasteiger charge is -2.10. The van der Waals surface area contributed by atoms with Gasteiger partial charge in [-0.2, -0.15) is 0 Å². The first-order valence-electron chi connectivity index (χ1n) is 6.15. The summed E-state index contributed by atoms with van der Waals surface area (Å²) in [6.07, 6.45) is 0. The van der Waals surface area contributed by atoms with Gasteiger partial charge in [-0.05, 0) is 48.6 Å². The average molecular weight is 335 g/mol. The fraction of sp³-hybridized carbons (Fsp3) is 0. The minimum absolute atomic E-state index is 0.455. The van der Waals surface area contributed by atoms with Gasteiger partial charge in [-0.15, -0.1) is 0 Å². The van der Waals surface area contributed by atoms with E-state index in [9.17, 15) is 0 Å². The molecule has 0 spiro atoms. The molecule has 0 aliphatic carbocycles. The van der Waals surface area contributed by atoms with Crippen LogP contribution in [0, 0.1) is 0 Å². The van der Waals surface area contributed by atoms with Gasteiger partial charge in [0.15, 0.2) is 5.11 Å². The van der Waals surface area contributed by atoms with Crippen LogP contribution in [0.1, 0.15) is 0 Å². The summed E-state index contributed by atoms with van der Waals surface area (Å²) in [6, 6.07) is 15.3. The number of hydrogen-bond acceptors (Lipinski definition) is 4. The van der Waals surface area contributed by atoms with Crippen molar-refractivity contribution in [3.63, 3.8) is 0 Å². The lowest BCUT2D eigenvalue weighted by Crippen LogP contribution is -2.33. The van der Waals surface area contributed by atoms with E-state index in [-0.39, 0.29) is 0 Å². The number of halogens is 1. The summed E-state index contributed by atoms with van der Waals surface area (Å²) in [6.45, 7) is 0. The van der Waals surface area contributed by atoms with Gasteiger partial charge in [0.25, 0.3) is 0 Å². The maximum absolute atomic E-state index is 5.83. The number of rotatable bonds is 3. The molecular formula is C14H11ClN4S2. The number of thiocarbonyl (C=S) groups is 1. The second-order valence-corrected chi connectivity index (χ2v) is 6.07. The molecule has 0 bridgehead atoms. The molecule has 0 saturated carbocycles. The molecule has 0 fully saturated rings. The van der Waals surface area contributed by atoms with Crippen molar-refractivity contribution in [3.8, 4) is 0 Å². The van der Waals surface area contributed by atoms with Crippen molar-refractivity contribution in [1.29, 1.82) is 0 Å². The highest BCUT2D eigenvalue weighted by atomic mass is 35.5. The molecular weight excluding hydrogens is 324 g/mol. The minimum atomic E-state index is 0.455. The molecule has 3 aromatic rings. The molecule has 0 unspecified atom stereocenters. The maximum atomic E-state index is 5.83. The van der Waals surface area contributed by atoms with Crippen LogP contribution in [0.15, 0.2) is 48.5 Å². The number of hydrogen-bond donors (Lipinski definition) is 3. The van der Waals surface area contributed by atoms with Crippen molar-refractivity contribution < 1.29 is 0 Å². The van der Waals surface area contributed by atoms with E-state index in [2.05, 4.69) is 21.2 Å². The van der Waals surface area contributed by atoms with E-state index in [1.807, 2.05) is 36.4 Å². The zero-order valence-corrected chi connectivity index (χ0v) is 13.1. The molecule has 2 aromatic carbocycles. The molecule has 1 heterocycles. The molecule has 0 aliphatic heterocycles. The molecule has 0 amide bonds. The molecule has 0 radical (unpaired) electrons. The molecule has 4 nitrogen and oxygen atoms in total.